The Hall–Kier alpha value is -0.710. The molecule has 0 saturated heterocycles. The molecule has 96 valence electrons. The van der Waals surface area contributed by atoms with Crippen molar-refractivity contribution in [2.75, 3.05) is 27.2 Å². The highest BCUT2D eigenvalue weighted by Gasteiger charge is 2.07. The molecule has 0 fully saturated rings. The Kier molecular flexibility index (Phi) is 5.82. The van der Waals surface area contributed by atoms with Crippen LogP contribution in [0.15, 0.2) is 12.1 Å². The van der Waals surface area contributed by atoms with E-state index in [1.165, 1.54) is 0 Å². The zero-order valence-corrected chi connectivity index (χ0v) is 10.8. The number of hydrogen-bond donors (Lipinski definition) is 1. The lowest BCUT2D eigenvalue weighted by molar-refractivity contribution is 0.394. The lowest BCUT2D eigenvalue weighted by Gasteiger charge is -2.10. The van der Waals surface area contributed by atoms with Crippen LogP contribution in [-0.4, -0.2) is 32.1 Å². The minimum atomic E-state index is -0.585. The first-order valence-corrected chi connectivity index (χ1v) is 5.87. The summed E-state index contributed by atoms with van der Waals surface area (Å²) in [7, 11) is 3.99. The topological polar surface area (TPSA) is 15.3 Å². The lowest BCUT2D eigenvalue weighted by Crippen LogP contribution is -2.21. The highest BCUT2D eigenvalue weighted by Crippen LogP contribution is 2.19. The SMILES string of the molecule is CN(C)CCCNCc1cc(F)c(Cl)cc1F. The van der Waals surface area contributed by atoms with Crippen molar-refractivity contribution in [1.82, 2.24) is 10.2 Å². The third kappa shape index (κ3) is 4.98. The molecule has 1 rings (SSSR count). The molecule has 0 aliphatic carbocycles. The Morgan fingerprint density at radius 3 is 2.59 bits per heavy atom. The van der Waals surface area contributed by atoms with Crippen molar-refractivity contribution >= 4 is 11.6 Å². The van der Waals surface area contributed by atoms with Gasteiger partial charge in [0.05, 0.1) is 5.02 Å². The summed E-state index contributed by atoms with van der Waals surface area (Å²) in [5.74, 6) is -1.06. The monoisotopic (exact) mass is 262 g/mol. The van der Waals surface area contributed by atoms with Crippen LogP contribution >= 0.6 is 11.6 Å². The van der Waals surface area contributed by atoms with E-state index in [4.69, 9.17) is 11.6 Å². The largest absolute Gasteiger partial charge is 0.313 e. The Balaban J connectivity index is 2.39. The molecule has 1 aromatic carbocycles. The normalized spacial score (nSPS) is 11.2. The van der Waals surface area contributed by atoms with Gasteiger partial charge in [-0.2, -0.15) is 0 Å². The van der Waals surface area contributed by atoms with Gasteiger partial charge in [0.15, 0.2) is 0 Å². The van der Waals surface area contributed by atoms with Gasteiger partial charge >= 0.3 is 0 Å². The van der Waals surface area contributed by atoms with Gasteiger partial charge in [0.2, 0.25) is 0 Å². The highest BCUT2D eigenvalue weighted by atomic mass is 35.5. The van der Waals surface area contributed by atoms with E-state index < -0.39 is 11.6 Å². The van der Waals surface area contributed by atoms with E-state index in [0.29, 0.717) is 12.1 Å². The van der Waals surface area contributed by atoms with Crippen LogP contribution in [0.4, 0.5) is 8.78 Å². The molecule has 5 heteroatoms. The van der Waals surface area contributed by atoms with Gasteiger partial charge in [-0.25, -0.2) is 8.78 Å². The fourth-order valence-electron chi connectivity index (χ4n) is 1.44. The first kappa shape index (κ1) is 14.4. The van der Waals surface area contributed by atoms with E-state index >= 15 is 0 Å². The highest BCUT2D eigenvalue weighted by molar-refractivity contribution is 6.30. The molecule has 0 bridgehead atoms. The van der Waals surface area contributed by atoms with Gasteiger partial charge in [-0.3, -0.25) is 0 Å². The maximum atomic E-state index is 13.4. The van der Waals surface area contributed by atoms with Crippen molar-refractivity contribution in [2.24, 2.45) is 0 Å². The van der Waals surface area contributed by atoms with Crippen molar-refractivity contribution in [3.63, 3.8) is 0 Å². The molecule has 0 heterocycles. The number of nitrogens with one attached hydrogen (secondary N) is 1. The molecular formula is C12H17ClF2N2. The van der Waals surface area contributed by atoms with Gasteiger partial charge < -0.3 is 10.2 Å². The summed E-state index contributed by atoms with van der Waals surface area (Å²) in [5, 5.41) is 2.89. The predicted octanol–water partition coefficient (Wildman–Crippen LogP) is 2.66. The van der Waals surface area contributed by atoms with E-state index in [1.807, 2.05) is 14.1 Å². The van der Waals surface area contributed by atoms with Gasteiger partial charge in [-0.15, -0.1) is 0 Å². The zero-order valence-electron chi connectivity index (χ0n) is 10.1. The van der Waals surface area contributed by atoms with Crippen molar-refractivity contribution in [3.05, 3.63) is 34.4 Å². The molecule has 0 spiro atoms. The van der Waals surface area contributed by atoms with E-state index in [1.54, 1.807) is 0 Å². The van der Waals surface area contributed by atoms with Crippen LogP contribution in [0, 0.1) is 11.6 Å². The maximum Gasteiger partial charge on any atom is 0.142 e. The van der Waals surface area contributed by atoms with Gasteiger partial charge in [0.1, 0.15) is 11.6 Å². The Morgan fingerprint density at radius 1 is 1.24 bits per heavy atom. The summed E-state index contributed by atoms with van der Waals surface area (Å²) >= 11 is 5.46. The summed E-state index contributed by atoms with van der Waals surface area (Å²) in [6, 6.07) is 2.14. The number of halogens is 3. The zero-order chi connectivity index (χ0) is 12.8. The van der Waals surface area contributed by atoms with Crippen LogP contribution in [0.2, 0.25) is 5.02 Å². The molecule has 17 heavy (non-hydrogen) atoms. The number of rotatable bonds is 6. The number of hydrogen-bond acceptors (Lipinski definition) is 2. The molecule has 0 atom stereocenters. The summed E-state index contributed by atoms with van der Waals surface area (Å²) in [6.07, 6.45) is 0.963. The van der Waals surface area contributed by atoms with Crippen LogP contribution in [0.5, 0.6) is 0 Å². The molecule has 0 aromatic heterocycles. The second kappa shape index (κ2) is 6.89. The molecule has 0 saturated carbocycles. The van der Waals surface area contributed by atoms with E-state index in [9.17, 15) is 8.78 Å². The minimum absolute atomic E-state index is 0.182. The average Bonchev–Trinajstić information content (AvgIpc) is 2.24. The summed E-state index contributed by atoms with van der Waals surface area (Å²) in [6.45, 7) is 2.04. The van der Waals surface area contributed by atoms with E-state index in [-0.39, 0.29) is 5.02 Å². The molecule has 0 unspecified atom stereocenters. The van der Waals surface area contributed by atoms with E-state index in [2.05, 4.69) is 10.2 Å². The van der Waals surface area contributed by atoms with Crippen molar-refractivity contribution in [3.8, 4) is 0 Å². The summed E-state index contributed by atoms with van der Waals surface area (Å²) < 4.78 is 26.5. The predicted molar refractivity (Wildman–Crippen MR) is 66.2 cm³/mol. The number of benzene rings is 1. The minimum Gasteiger partial charge on any atom is -0.313 e. The standard InChI is InChI=1S/C12H17ClF2N2/c1-17(2)5-3-4-16-8-9-6-12(15)10(13)7-11(9)14/h6-7,16H,3-5,8H2,1-2H3. The molecule has 1 aromatic rings. The Morgan fingerprint density at radius 2 is 1.94 bits per heavy atom. The molecule has 0 aliphatic rings. The van der Waals surface area contributed by atoms with Crippen molar-refractivity contribution in [2.45, 2.75) is 13.0 Å². The average molecular weight is 263 g/mol. The molecule has 0 aliphatic heterocycles. The third-order valence-electron chi connectivity index (χ3n) is 2.36. The summed E-state index contributed by atoms with van der Waals surface area (Å²) in [4.78, 5) is 2.07. The van der Waals surface area contributed by atoms with E-state index in [0.717, 1.165) is 31.6 Å². The van der Waals surface area contributed by atoms with Crippen LogP contribution in [0.25, 0.3) is 0 Å². The molecule has 0 amide bonds. The van der Waals surface area contributed by atoms with Crippen LogP contribution in [0.1, 0.15) is 12.0 Å². The van der Waals surface area contributed by atoms with Crippen LogP contribution in [-0.2, 0) is 6.54 Å². The first-order valence-electron chi connectivity index (χ1n) is 5.49. The fourth-order valence-corrected chi connectivity index (χ4v) is 1.59. The van der Waals surface area contributed by atoms with Gasteiger partial charge in [-0.05, 0) is 45.7 Å². The van der Waals surface area contributed by atoms with Gasteiger partial charge in [0.25, 0.3) is 0 Å². The maximum absolute atomic E-state index is 13.4. The molecule has 2 nitrogen and oxygen atoms in total. The Bertz CT molecular complexity index is 370. The Labute approximate surface area is 106 Å². The second-order valence-electron chi connectivity index (χ2n) is 4.19. The first-order chi connectivity index (χ1) is 8.00. The van der Waals surface area contributed by atoms with Crippen LogP contribution in [0.3, 0.4) is 0 Å². The van der Waals surface area contributed by atoms with Crippen molar-refractivity contribution < 1.29 is 8.78 Å². The second-order valence-corrected chi connectivity index (χ2v) is 4.60. The lowest BCUT2D eigenvalue weighted by atomic mass is 10.2. The smallest absolute Gasteiger partial charge is 0.142 e. The summed E-state index contributed by atoms with van der Waals surface area (Å²) in [5.41, 5.74) is 0.303. The quantitative estimate of drug-likeness (QED) is 0.626. The fraction of sp³-hybridized carbons (Fsp3) is 0.500. The molecule has 1 N–H and O–H groups in total. The van der Waals surface area contributed by atoms with Gasteiger partial charge in [0, 0.05) is 12.1 Å². The molecular weight excluding hydrogens is 246 g/mol. The van der Waals surface area contributed by atoms with Gasteiger partial charge in [-0.1, -0.05) is 11.6 Å². The van der Waals surface area contributed by atoms with Crippen LogP contribution < -0.4 is 5.32 Å². The van der Waals surface area contributed by atoms with Crippen molar-refractivity contribution in [1.29, 1.82) is 0 Å². The third-order valence-corrected chi connectivity index (χ3v) is 2.65. The molecule has 0 radical (unpaired) electrons. The number of nitrogens with zero attached hydrogens (tertiary/aromatic N) is 1.